The van der Waals surface area contributed by atoms with Crippen LogP contribution in [-0.4, -0.2) is 28.7 Å². The molecule has 2 aromatic rings. The topological polar surface area (TPSA) is 120 Å². The normalized spacial score (nSPS) is 14.2. The van der Waals surface area contributed by atoms with Gasteiger partial charge in [-0.25, -0.2) is 17.9 Å². The first-order chi connectivity index (χ1) is 11.4. The Morgan fingerprint density at radius 1 is 0.958 bits per heavy atom. The van der Waals surface area contributed by atoms with Gasteiger partial charge in [-0.2, -0.15) is 0 Å². The molecule has 0 radical (unpaired) electrons. The molecule has 2 aromatic carbocycles. The Kier molecular flexibility index (Phi) is 5.14. The van der Waals surface area contributed by atoms with Crippen molar-refractivity contribution in [2.24, 2.45) is 0 Å². The lowest BCUT2D eigenvalue weighted by Crippen LogP contribution is -2.39. The zero-order valence-corrected chi connectivity index (χ0v) is 13.9. The summed E-state index contributed by atoms with van der Waals surface area (Å²) >= 11 is 0. The van der Waals surface area contributed by atoms with Crippen molar-refractivity contribution in [1.29, 1.82) is 0 Å². The van der Waals surface area contributed by atoms with E-state index in [2.05, 4.69) is 5.32 Å². The van der Waals surface area contributed by atoms with Crippen molar-refractivity contribution in [2.45, 2.75) is 4.90 Å². The first-order valence-electron chi connectivity index (χ1n) is 6.77. The van der Waals surface area contributed by atoms with Crippen LogP contribution in [0.2, 0.25) is 0 Å². The number of methoxy groups -OCH3 is 2. The number of anilines is 2. The van der Waals surface area contributed by atoms with Crippen molar-refractivity contribution < 1.29 is 22.7 Å². The average molecular weight is 351 g/mol. The largest absolute Gasteiger partial charge is 0.497 e. The van der Waals surface area contributed by atoms with E-state index in [1.54, 1.807) is 25.3 Å². The molecule has 8 nitrogen and oxygen atoms in total. The summed E-state index contributed by atoms with van der Waals surface area (Å²) < 4.78 is 34.7. The number of nitrogen functional groups attached to an aromatic ring is 1. The molecule has 1 aliphatic heterocycles. The molecule has 9 heteroatoms. The number of urea groups is 1. The summed E-state index contributed by atoms with van der Waals surface area (Å²) in [4.78, 5) is 11.0. The molecule has 0 aromatic heterocycles. The summed E-state index contributed by atoms with van der Waals surface area (Å²) in [5.74, 6) is 1.25. The van der Waals surface area contributed by atoms with Crippen molar-refractivity contribution in [2.75, 3.05) is 25.3 Å². The maximum absolute atomic E-state index is 11.5. The molecule has 0 fully saturated rings. The number of hydrogen-bond acceptors (Lipinski definition) is 6. The summed E-state index contributed by atoms with van der Waals surface area (Å²) in [5.41, 5.74) is 6.44. The van der Waals surface area contributed by atoms with E-state index in [0.717, 1.165) is 11.4 Å². The van der Waals surface area contributed by atoms with Crippen LogP contribution in [0.5, 0.6) is 11.5 Å². The molecule has 0 aliphatic carbocycles. The number of benzene rings is 2. The summed E-state index contributed by atoms with van der Waals surface area (Å²) in [6.07, 6.45) is 0. The predicted octanol–water partition coefficient (Wildman–Crippen LogP) is 1.80. The van der Waals surface area contributed by atoms with E-state index in [1.807, 2.05) is 16.9 Å². The highest BCUT2D eigenvalue weighted by Crippen LogP contribution is 2.28. The Morgan fingerprint density at radius 3 is 2.12 bits per heavy atom. The van der Waals surface area contributed by atoms with Gasteiger partial charge < -0.3 is 20.5 Å². The Labute approximate surface area is 139 Å². The second kappa shape index (κ2) is 7.09. The Morgan fingerprint density at radius 2 is 1.54 bits per heavy atom. The smallest absolute Gasteiger partial charge is 0.333 e. The molecule has 4 N–H and O–H groups in total. The second-order valence-electron chi connectivity index (χ2n) is 4.69. The van der Waals surface area contributed by atoms with Crippen molar-refractivity contribution in [3.63, 3.8) is 0 Å². The van der Waals surface area contributed by atoms with E-state index in [1.165, 1.54) is 19.2 Å². The molecular weight excluding hydrogens is 334 g/mol. The number of fused-ring (bicyclic) bond motifs is 1. The van der Waals surface area contributed by atoms with Crippen molar-refractivity contribution in [3.05, 3.63) is 42.5 Å². The third kappa shape index (κ3) is 4.07. The molecule has 1 heterocycles. The minimum Gasteiger partial charge on any atom is -0.497 e. The summed E-state index contributed by atoms with van der Waals surface area (Å²) in [6, 6.07) is 10.9. The van der Waals surface area contributed by atoms with Crippen LogP contribution >= 0.6 is 0 Å². The van der Waals surface area contributed by atoms with E-state index < -0.39 is 16.1 Å². The minimum absolute atomic E-state index is 0.00134. The number of ether oxygens (including phenoxy) is 2. The number of sulfonamides is 1. The van der Waals surface area contributed by atoms with Crippen LogP contribution in [0.3, 0.4) is 0 Å². The Bertz CT molecular complexity index is 835. The molecule has 24 heavy (non-hydrogen) atoms. The quantitative estimate of drug-likeness (QED) is 0.710. The zero-order valence-electron chi connectivity index (χ0n) is 13.1. The molecule has 0 spiro atoms. The Hall–Kier alpha value is -2.94. The van der Waals surface area contributed by atoms with Gasteiger partial charge in [-0.1, -0.05) is 0 Å². The van der Waals surface area contributed by atoms with Crippen LogP contribution in [0.15, 0.2) is 47.4 Å². The SMILES string of the molecule is COc1ccc(N)cc1.COc1ccc2c(c1)S(=O)(=O)NC(=O)N2. The van der Waals surface area contributed by atoms with Crippen molar-refractivity contribution in [1.82, 2.24) is 4.72 Å². The van der Waals surface area contributed by atoms with Crippen LogP contribution in [0.1, 0.15) is 0 Å². The monoisotopic (exact) mass is 351 g/mol. The van der Waals surface area contributed by atoms with Crippen molar-refractivity contribution in [3.8, 4) is 11.5 Å². The molecule has 0 saturated carbocycles. The first-order valence-corrected chi connectivity index (χ1v) is 8.25. The highest BCUT2D eigenvalue weighted by Gasteiger charge is 2.27. The van der Waals surface area contributed by atoms with Gasteiger partial charge in [-0.15, -0.1) is 0 Å². The van der Waals surface area contributed by atoms with E-state index in [4.69, 9.17) is 15.2 Å². The van der Waals surface area contributed by atoms with Gasteiger partial charge in [0.2, 0.25) is 0 Å². The second-order valence-corrected chi connectivity index (χ2v) is 6.35. The van der Waals surface area contributed by atoms with Gasteiger partial charge >= 0.3 is 6.03 Å². The summed E-state index contributed by atoms with van der Waals surface area (Å²) in [6.45, 7) is 0. The standard InChI is InChI=1S/C8H8N2O4S.C7H9NO/c1-14-5-2-3-6-7(4-5)15(12,13)10-8(11)9-6;1-9-7-4-2-6(8)3-5-7/h2-4H,1H3,(H2,9,10,11);2-5H,8H2,1H3. The fraction of sp³-hybridized carbons (Fsp3) is 0.133. The van der Waals surface area contributed by atoms with Crippen LogP contribution in [0.25, 0.3) is 0 Å². The third-order valence-electron chi connectivity index (χ3n) is 3.07. The number of carbonyl (C=O) groups is 1. The first kappa shape index (κ1) is 17.4. The Balaban J connectivity index is 0.000000198. The maximum atomic E-state index is 11.5. The van der Waals surface area contributed by atoms with E-state index in [9.17, 15) is 13.2 Å². The number of rotatable bonds is 2. The summed E-state index contributed by atoms with van der Waals surface area (Å²) in [7, 11) is -0.702. The zero-order chi connectivity index (χ0) is 17.7. The highest BCUT2D eigenvalue weighted by atomic mass is 32.2. The lowest BCUT2D eigenvalue weighted by molar-refractivity contribution is 0.256. The van der Waals surface area contributed by atoms with Crippen LogP contribution in [0.4, 0.5) is 16.2 Å². The fourth-order valence-corrected chi connectivity index (χ4v) is 2.97. The number of carbonyl (C=O) groups excluding carboxylic acids is 1. The lowest BCUT2D eigenvalue weighted by Gasteiger charge is -2.18. The molecule has 2 amide bonds. The lowest BCUT2D eigenvalue weighted by atomic mass is 10.3. The van der Waals surface area contributed by atoms with Gasteiger partial charge in [0.1, 0.15) is 16.4 Å². The van der Waals surface area contributed by atoms with Gasteiger partial charge in [0.25, 0.3) is 10.0 Å². The van der Waals surface area contributed by atoms with Crippen LogP contribution in [-0.2, 0) is 10.0 Å². The van der Waals surface area contributed by atoms with E-state index >= 15 is 0 Å². The molecule has 0 atom stereocenters. The van der Waals surface area contributed by atoms with Gasteiger partial charge in [-0.05, 0) is 36.4 Å². The molecule has 3 rings (SSSR count). The van der Waals surface area contributed by atoms with Crippen LogP contribution in [0, 0.1) is 0 Å². The van der Waals surface area contributed by atoms with E-state index in [0.29, 0.717) is 5.75 Å². The fourth-order valence-electron chi connectivity index (χ4n) is 1.88. The van der Waals surface area contributed by atoms with Gasteiger partial charge in [-0.3, -0.25) is 0 Å². The van der Waals surface area contributed by atoms with Gasteiger partial charge in [0.05, 0.1) is 19.9 Å². The van der Waals surface area contributed by atoms with Crippen LogP contribution < -0.4 is 25.2 Å². The molecule has 128 valence electrons. The van der Waals surface area contributed by atoms with Gasteiger partial charge in [0.15, 0.2) is 0 Å². The molecule has 0 unspecified atom stereocenters. The number of nitrogens with one attached hydrogen (secondary N) is 2. The number of amides is 2. The third-order valence-corrected chi connectivity index (χ3v) is 4.44. The summed E-state index contributed by atoms with van der Waals surface area (Å²) in [5, 5.41) is 2.38. The number of nitrogens with two attached hydrogens (primary N) is 1. The van der Waals surface area contributed by atoms with Gasteiger partial charge in [0, 0.05) is 11.8 Å². The van der Waals surface area contributed by atoms with E-state index in [-0.39, 0.29) is 10.6 Å². The molecule has 0 saturated heterocycles. The van der Waals surface area contributed by atoms with Crippen molar-refractivity contribution >= 4 is 27.4 Å². The molecule has 1 aliphatic rings. The average Bonchev–Trinajstić information content (AvgIpc) is 2.55. The maximum Gasteiger partial charge on any atom is 0.333 e. The number of hydrogen-bond donors (Lipinski definition) is 3. The predicted molar refractivity (Wildman–Crippen MR) is 89.7 cm³/mol. The molecule has 0 bridgehead atoms. The molecular formula is C15H17N3O5S. The minimum atomic E-state index is -3.77. The highest BCUT2D eigenvalue weighted by molar-refractivity contribution is 7.90.